The van der Waals surface area contributed by atoms with Gasteiger partial charge in [-0.3, -0.25) is 14.8 Å². The maximum atomic E-state index is 12.2. The maximum Gasteiger partial charge on any atom is 0.268 e. The quantitative estimate of drug-likeness (QED) is 0.465. The lowest BCUT2D eigenvalue weighted by molar-refractivity contribution is -0.133. The summed E-state index contributed by atoms with van der Waals surface area (Å²) in [6, 6.07) is 9.59. The number of amides is 2. The molecule has 1 aromatic carbocycles. The Labute approximate surface area is 142 Å². The van der Waals surface area contributed by atoms with Crippen LogP contribution in [0.15, 0.2) is 36.4 Å². The minimum atomic E-state index is -1.24. The van der Waals surface area contributed by atoms with E-state index in [-0.39, 0.29) is 0 Å². The second kappa shape index (κ2) is 7.91. The molecule has 2 amide bonds. The molecule has 1 aromatic heterocycles. The molecule has 24 heavy (non-hydrogen) atoms. The molecule has 7 nitrogen and oxygen atoms in total. The molecule has 0 spiro atoms. The molecule has 128 valence electrons. The van der Waals surface area contributed by atoms with E-state index < -0.39 is 24.0 Å². The molecule has 2 rings (SSSR count). The normalized spacial score (nSPS) is 13.0. The monoisotopic (exact) mass is 350 g/mol. The number of nitrogens with one attached hydrogen (secondary N) is 2. The van der Waals surface area contributed by atoms with Crippen LogP contribution in [-0.4, -0.2) is 41.4 Å². The first-order valence-corrected chi connectivity index (χ1v) is 7.95. The number of aliphatic hydroxyl groups is 1. The standard InChI is InChI=1S/C16H18N2O5S/c1-9(19)14(16(21)18-22)17-15(20)13-8-7-12(24-13)10-3-5-11(23-2)6-4-10/h3-9,14,19,22H,1-2H3,(H,17,20)(H,18,21). The Hall–Kier alpha value is -2.42. The molecule has 4 N–H and O–H groups in total. The van der Waals surface area contributed by atoms with E-state index in [9.17, 15) is 14.7 Å². The topological polar surface area (TPSA) is 108 Å². The van der Waals surface area contributed by atoms with Crippen molar-refractivity contribution in [2.24, 2.45) is 0 Å². The van der Waals surface area contributed by atoms with Crippen molar-refractivity contribution in [3.8, 4) is 16.2 Å². The van der Waals surface area contributed by atoms with Crippen LogP contribution in [0.2, 0.25) is 0 Å². The lowest BCUT2D eigenvalue weighted by atomic mass is 10.1. The average molecular weight is 350 g/mol. The second-order valence-electron chi connectivity index (χ2n) is 5.06. The van der Waals surface area contributed by atoms with Gasteiger partial charge < -0.3 is 15.2 Å². The van der Waals surface area contributed by atoms with Gasteiger partial charge in [-0.15, -0.1) is 11.3 Å². The Kier molecular flexibility index (Phi) is 5.91. The molecule has 1 heterocycles. The van der Waals surface area contributed by atoms with Gasteiger partial charge in [-0.2, -0.15) is 0 Å². The van der Waals surface area contributed by atoms with Gasteiger partial charge in [0.15, 0.2) is 0 Å². The van der Waals surface area contributed by atoms with E-state index in [1.807, 2.05) is 24.3 Å². The predicted octanol–water partition coefficient (Wildman–Crippen LogP) is 1.41. The molecule has 0 aliphatic carbocycles. The fourth-order valence-corrected chi connectivity index (χ4v) is 2.97. The van der Waals surface area contributed by atoms with Crippen LogP contribution in [0.5, 0.6) is 5.75 Å². The first kappa shape index (κ1) is 17.9. The molecule has 0 aliphatic heterocycles. The van der Waals surface area contributed by atoms with Crippen LogP contribution in [0.4, 0.5) is 0 Å². The summed E-state index contributed by atoms with van der Waals surface area (Å²) in [5.74, 6) is -0.650. The Morgan fingerprint density at radius 3 is 2.38 bits per heavy atom. The smallest absolute Gasteiger partial charge is 0.268 e. The van der Waals surface area contributed by atoms with Gasteiger partial charge in [0.25, 0.3) is 11.8 Å². The van der Waals surface area contributed by atoms with Crippen LogP contribution in [0, 0.1) is 0 Å². The number of thiophene rings is 1. The van der Waals surface area contributed by atoms with E-state index in [0.29, 0.717) is 4.88 Å². The lowest BCUT2D eigenvalue weighted by Crippen LogP contribution is -2.51. The van der Waals surface area contributed by atoms with Crippen molar-refractivity contribution in [3.05, 3.63) is 41.3 Å². The zero-order chi connectivity index (χ0) is 17.7. The van der Waals surface area contributed by atoms with Gasteiger partial charge in [0, 0.05) is 4.88 Å². The van der Waals surface area contributed by atoms with Gasteiger partial charge in [0.2, 0.25) is 0 Å². The second-order valence-corrected chi connectivity index (χ2v) is 6.14. The Morgan fingerprint density at radius 2 is 1.83 bits per heavy atom. The number of hydrogen-bond acceptors (Lipinski definition) is 6. The van der Waals surface area contributed by atoms with Crippen LogP contribution in [0.25, 0.3) is 10.4 Å². The summed E-state index contributed by atoms with van der Waals surface area (Å²) in [5, 5.41) is 20.6. The SMILES string of the molecule is COc1ccc(-c2ccc(C(=O)NC(C(=O)NO)C(C)O)s2)cc1. The van der Waals surface area contributed by atoms with Gasteiger partial charge in [0.05, 0.1) is 18.1 Å². The van der Waals surface area contributed by atoms with E-state index in [2.05, 4.69) is 5.32 Å². The molecular weight excluding hydrogens is 332 g/mol. The average Bonchev–Trinajstić information content (AvgIpc) is 3.08. The summed E-state index contributed by atoms with van der Waals surface area (Å²) in [6.07, 6.45) is -1.15. The van der Waals surface area contributed by atoms with Crippen molar-refractivity contribution >= 4 is 23.2 Å². The zero-order valence-corrected chi connectivity index (χ0v) is 14.0. The highest BCUT2D eigenvalue weighted by atomic mass is 32.1. The Bertz CT molecular complexity index is 712. The van der Waals surface area contributed by atoms with E-state index in [4.69, 9.17) is 9.94 Å². The van der Waals surface area contributed by atoms with E-state index in [1.54, 1.807) is 19.2 Å². The molecule has 0 saturated heterocycles. The zero-order valence-electron chi connectivity index (χ0n) is 13.1. The number of rotatable bonds is 6. The highest BCUT2D eigenvalue weighted by Crippen LogP contribution is 2.29. The third kappa shape index (κ3) is 4.10. The lowest BCUT2D eigenvalue weighted by Gasteiger charge is -2.18. The van der Waals surface area contributed by atoms with E-state index >= 15 is 0 Å². The van der Waals surface area contributed by atoms with Crippen molar-refractivity contribution in [3.63, 3.8) is 0 Å². The van der Waals surface area contributed by atoms with Crippen molar-refractivity contribution in [1.82, 2.24) is 10.8 Å². The van der Waals surface area contributed by atoms with Gasteiger partial charge in [-0.25, -0.2) is 5.48 Å². The number of hydrogen-bond donors (Lipinski definition) is 4. The first-order chi connectivity index (χ1) is 11.5. The van der Waals surface area contributed by atoms with Crippen LogP contribution in [-0.2, 0) is 4.79 Å². The number of hydroxylamine groups is 1. The summed E-state index contributed by atoms with van der Waals surface area (Å²) in [5.41, 5.74) is 2.35. The molecule has 0 aliphatic rings. The summed E-state index contributed by atoms with van der Waals surface area (Å²) in [4.78, 5) is 25.0. The summed E-state index contributed by atoms with van der Waals surface area (Å²) < 4.78 is 5.10. The van der Waals surface area contributed by atoms with Gasteiger partial charge in [0.1, 0.15) is 11.8 Å². The van der Waals surface area contributed by atoms with Crippen molar-refractivity contribution in [1.29, 1.82) is 0 Å². The van der Waals surface area contributed by atoms with E-state index in [1.165, 1.54) is 23.7 Å². The van der Waals surface area contributed by atoms with Crippen molar-refractivity contribution in [2.45, 2.75) is 19.1 Å². The molecule has 0 saturated carbocycles. The minimum absolute atomic E-state index is 0.386. The summed E-state index contributed by atoms with van der Waals surface area (Å²) in [6.45, 7) is 1.34. The summed E-state index contributed by atoms with van der Waals surface area (Å²) in [7, 11) is 1.59. The fraction of sp³-hybridized carbons (Fsp3) is 0.250. The van der Waals surface area contributed by atoms with Crippen molar-refractivity contribution in [2.75, 3.05) is 7.11 Å². The van der Waals surface area contributed by atoms with E-state index in [0.717, 1.165) is 16.2 Å². The number of benzene rings is 1. The maximum absolute atomic E-state index is 12.2. The molecule has 0 fully saturated rings. The van der Waals surface area contributed by atoms with Crippen LogP contribution in [0.3, 0.4) is 0 Å². The highest BCUT2D eigenvalue weighted by molar-refractivity contribution is 7.17. The fourth-order valence-electron chi connectivity index (χ4n) is 2.06. The third-order valence-corrected chi connectivity index (χ3v) is 4.50. The van der Waals surface area contributed by atoms with Crippen molar-refractivity contribution < 1.29 is 24.6 Å². The molecule has 0 radical (unpaired) electrons. The predicted molar refractivity (Wildman–Crippen MR) is 89.2 cm³/mol. The van der Waals surface area contributed by atoms with Crippen LogP contribution >= 0.6 is 11.3 Å². The Balaban J connectivity index is 2.13. The Morgan fingerprint density at radius 1 is 1.17 bits per heavy atom. The molecule has 2 unspecified atom stereocenters. The summed E-state index contributed by atoms with van der Waals surface area (Å²) >= 11 is 1.25. The van der Waals surface area contributed by atoms with Gasteiger partial charge >= 0.3 is 0 Å². The first-order valence-electron chi connectivity index (χ1n) is 7.13. The third-order valence-electron chi connectivity index (χ3n) is 3.37. The largest absolute Gasteiger partial charge is 0.497 e. The number of carbonyl (C=O) groups excluding carboxylic acids is 2. The van der Waals surface area contributed by atoms with Gasteiger partial charge in [-0.05, 0) is 48.9 Å². The number of carbonyl (C=O) groups is 2. The molecule has 0 bridgehead atoms. The molecular formula is C16H18N2O5S. The van der Waals surface area contributed by atoms with Crippen LogP contribution < -0.4 is 15.5 Å². The van der Waals surface area contributed by atoms with Gasteiger partial charge in [-0.1, -0.05) is 0 Å². The molecule has 8 heteroatoms. The molecule has 2 aromatic rings. The number of aliphatic hydroxyl groups excluding tert-OH is 1. The highest BCUT2D eigenvalue weighted by Gasteiger charge is 2.26. The number of methoxy groups -OCH3 is 1. The molecule has 2 atom stereocenters. The minimum Gasteiger partial charge on any atom is -0.497 e. The number of ether oxygens (including phenoxy) is 1. The van der Waals surface area contributed by atoms with Crippen LogP contribution in [0.1, 0.15) is 16.6 Å².